The van der Waals surface area contributed by atoms with E-state index in [1.807, 2.05) is 32.0 Å². The third-order valence-corrected chi connectivity index (χ3v) is 4.37. The van der Waals surface area contributed by atoms with Gasteiger partial charge >= 0.3 is 0 Å². The van der Waals surface area contributed by atoms with Gasteiger partial charge in [-0.1, -0.05) is 23.7 Å². The summed E-state index contributed by atoms with van der Waals surface area (Å²) in [4.78, 5) is 24.4. The molecule has 122 valence electrons. The number of hydrogen-bond acceptors (Lipinski definition) is 2. The van der Waals surface area contributed by atoms with Crippen molar-refractivity contribution in [2.45, 2.75) is 20.4 Å². The number of rotatable bonds is 3. The van der Waals surface area contributed by atoms with E-state index in [1.54, 1.807) is 29.0 Å². The second-order valence-corrected chi connectivity index (χ2v) is 6.20. The van der Waals surface area contributed by atoms with Gasteiger partial charge in [0.2, 0.25) is 5.91 Å². The summed E-state index contributed by atoms with van der Waals surface area (Å²) in [5.74, 6) is -0.159. The number of halogens is 1. The van der Waals surface area contributed by atoms with Crippen LogP contribution in [0.4, 0.5) is 5.69 Å². The van der Waals surface area contributed by atoms with Gasteiger partial charge in [-0.15, -0.1) is 0 Å². The zero-order chi connectivity index (χ0) is 17.3. The van der Waals surface area contributed by atoms with Crippen molar-refractivity contribution < 1.29 is 4.79 Å². The lowest BCUT2D eigenvalue weighted by molar-refractivity contribution is -0.116. The predicted octanol–water partition coefficient (Wildman–Crippen LogP) is 3.91. The maximum absolute atomic E-state index is 12.4. The molecule has 0 aliphatic carbocycles. The predicted molar refractivity (Wildman–Crippen MR) is 97.8 cm³/mol. The van der Waals surface area contributed by atoms with Gasteiger partial charge in [0.25, 0.3) is 0 Å². The minimum absolute atomic E-state index is 0.0900. The number of nitrogens with zero attached hydrogens (tertiary/aromatic N) is 1. The highest BCUT2D eigenvalue weighted by molar-refractivity contribution is 6.31. The fourth-order valence-corrected chi connectivity index (χ4v) is 2.81. The SMILES string of the molecule is Cc1cccc(NC(=O)Cn2ccc(=O)c3ccc(Cl)cc32)c1C. The van der Waals surface area contributed by atoms with Gasteiger partial charge in [0.15, 0.2) is 5.43 Å². The van der Waals surface area contributed by atoms with E-state index in [9.17, 15) is 9.59 Å². The number of amides is 1. The van der Waals surface area contributed by atoms with Crippen molar-refractivity contribution in [1.29, 1.82) is 0 Å². The van der Waals surface area contributed by atoms with E-state index < -0.39 is 0 Å². The maximum atomic E-state index is 12.4. The summed E-state index contributed by atoms with van der Waals surface area (Å²) >= 11 is 6.03. The molecule has 0 saturated heterocycles. The lowest BCUT2D eigenvalue weighted by Gasteiger charge is -2.13. The molecule has 0 atom stereocenters. The Balaban J connectivity index is 1.91. The average Bonchev–Trinajstić information content (AvgIpc) is 2.54. The van der Waals surface area contributed by atoms with Gasteiger partial charge in [0.1, 0.15) is 6.54 Å². The molecule has 3 rings (SSSR count). The van der Waals surface area contributed by atoms with E-state index in [-0.39, 0.29) is 17.9 Å². The quantitative estimate of drug-likeness (QED) is 0.786. The standard InChI is InChI=1S/C19H17ClN2O2/c1-12-4-3-5-16(13(12)2)21-19(24)11-22-9-8-18(23)15-7-6-14(20)10-17(15)22/h3-10H,11H2,1-2H3,(H,21,24). The molecule has 2 aromatic carbocycles. The molecule has 0 aliphatic rings. The molecule has 0 bridgehead atoms. The van der Waals surface area contributed by atoms with Crippen LogP contribution < -0.4 is 10.7 Å². The van der Waals surface area contributed by atoms with Crippen molar-refractivity contribution in [3.05, 3.63) is 75.0 Å². The lowest BCUT2D eigenvalue weighted by atomic mass is 10.1. The number of pyridine rings is 1. The molecular weight excluding hydrogens is 324 g/mol. The highest BCUT2D eigenvalue weighted by Gasteiger charge is 2.09. The summed E-state index contributed by atoms with van der Waals surface area (Å²) in [6, 6.07) is 12.3. The van der Waals surface area contributed by atoms with Crippen molar-refractivity contribution in [3.63, 3.8) is 0 Å². The monoisotopic (exact) mass is 340 g/mol. The Morgan fingerprint density at radius 3 is 2.75 bits per heavy atom. The van der Waals surface area contributed by atoms with E-state index in [4.69, 9.17) is 11.6 Å². The van der Waals surface area contributed by atoms with Crippen LogP contribution in [0.2, 0.25) is 5.02 Å². The van der Waals surface area contributed by atoms with Gasteiger partial charge in [-0.3, -0.25) is 9.59 Å². The number of aryl methyl sites for hydroxylation is 1. The zero-order valence-electron chi connectivity index (χ0n) is 13.5. The van der Waals surface area contributed by atoms with Crippen LogP contribution in [-0.4, -0.2) is 10.5 Å². The summed E-state index contributed by atoms with van der Waals surface area (Å²) < 4.78 is 1.73. The minimum Gasteiger partial charge on any atom is -0.338 e. The molecule has 0 spiro atoms. The Morgan fingerprint density at radius 2 is 1.96 bits per heavy atom. The number of hydrogen-bond donors (Lipinski definition) is 1. The van der Waals surface area contributed by atoms with Crippen LogP contribution in [0.25, 0.3) is 10.9 Å². The van der Waals surface area contributed by atoms with Gasteiger partial charge in [-0.25, -0.2) is 0 Å². The average molecular weight is 341 g/mol. The second-order valence-electron chi connectivity index (χ2n) is 5.77. The highest BCUT2D eigenvalue weighted by Crippen LogP contribution is 2.19. The molecule has 5 heteroatoms. The molecule has 3 aromatic rings. The molecule has 1 heterocycles. The van der Waals surface area contributed by atoms with Crippen LogP contribution in [0.5, 0.6) is 0 Å². The normalized spacial score (nSPS) is 10.8. The first-order chi connectivity index (χ1) is 11.5. The second kappa shape index (κ2) is 6.49. The Labute approximate surface area is 144 Å². The summed E-state index contributed by atoms with van der Waals surface area (Å²) in [5, 5.41) is 3.99. The number of aromatic nitrogens is 1. The van der Waals surface area contributed by atoms with Crippen molar-refractivity contribution in [3.8, 4) is 0 Å². The molecule has 0 radical (unpaired) electrons. The third kappa shape index (κ3) is 3.19. The smallest absolute Gasteiger partial charge is 0.244 e. The Hall–Kier alpha value is -2.59. The Kier molecular flexibility index (Phi) is 4.40. The number of nitrogens with one attached hydrogen (secondary N) is 1. The number of carbonyl (C=O) groups is 1. The fourth-order valence-electron chi connectivity index (χ4n) is 2.65. The molecule has 1 amide bonds. The molecule has 0 saturated carbocycles. The topological polar surface area (TPSA) is 51.1 Å². The number of fused-ring (bicyclic) bond motifs is 1. The van der Waals surface area contributed by atoms with Crippen LogP contribution in [0.15, 0.2) is 53.5 Å². The molecular formula is C19H17ClN2O2. The molecule has 4 nitrogen and oxygen atoms in total. The maximum Gasteiger partial charge on any atom is 0.244 e. The van der Waals surface area contributed by atoms with Crippen molar-refractivity contribution >= 4 is 34.1 Å². The van der Waals surface area contributed by atoms with Crippen LogP contribution >= 0.6 is 11.6 Å². The van der Waals surface area contributed by atoms with Gasteiger partial charge in [0.05, 0.1) is 5.52 Å². The van der Waals surface area contributed by atoms with Crippen molar-refractivity contribution in [1.82, 2.24) is 4.57 Å². The Bertz CT molecular complexity index is 992. The minimum atomic E-state index is -0.159. The number of benzene rings is 2. The first kappa shape index (κ1) is 16.3. The summed E-state index contributed by atoms with van der Waals surface area (Å²) in [6.45, 7) is 4.08. The summed E-state index contributed by atoms with van der Waals surface area (Å²) in [5.41, 5.74) is 3.51. The molecule has 1 aromatic heterocycles. The third-order valence-electron chi connectivity index (χ3n) is 4.13. The van der Waals surface area contributed by atoms with E-state index in [0.717, 1.165) is 16.8 Å². The zero-order valence-corrected chi connectivity index (χ0v) is 14.2. The van der Waals surface area contributed by atoms with Gasteiger partial charge < -0.3 is 9.88 Å². The number of carbonyl (C=O) groups excluding carboxylic acids is 1. The fraction of sp³-hybridized carbons (Fsp3) is 0.158. The van der Waals surface area contributed by atoms with Crippen molar-refractivity contribution in [2.24, 2.45) is 0 Å². The van der Waals surface area contributed by atoms with Crippen molar-refractivity contribution in [2.75, 3.05) is 5.32 Å². The van der Waals surface area contributed by atoms with Gasteiger partial charge in [0, 0.05) is 28.4 Å². The van der Waals surface area contributed by atoms with Crippen LogP contribution in [-0.2, 0) is 11.3 Å². The molecule has 0 unspecified atom stereocenters. The highest BCUT2D eigenvalue weighted by atomic mass is 35.5. The molecule has 0 fully saturated rings. The van der Waals surface area contributed by atoms with E-state index in [0.29, 0.717) is 15.9 Å². The Morgan fingerprint density at radius 1 is 1.17 bits per heavy atom. The van der Waals surface area contributed by atoms with Gasteiger partial charge in [-0.2, -0.15) is 0 Å². The van der Waals surface area contributed by atoms with E-state index in [2.05, 4.69) is 5.32 Å². The molecule has 24 heavy (non-hydrogen) atoms. The number of anilines is 1. The lowest BCUT2D eigenvalue weighted by Crippen LogP contribution is -2.21. The van der Waals surface area contributed by atoms with Gasteiger partial charge in [-0.05, 0) is 49.2 Å². The largest absolute Gasteiger partial charge is 0.338 e. The van der Waals surface area contributed by atoms with Crippen LogP contribution in [0, 0.1) is 13.8 Å². The molecule has 1 N–H and O–H groups in total. The first-order valence-corrected chi connectivity index (χ1v) is 7.98. The van der Waals surface area contributed by atoms with Crippen LogP contribution in [0.1, 0.15) is 11.1 Å². The summed E-state index contributed by atoms with van der Waals surface area (Å²) in [7, 11) is 0. The molecule has 0 aliphatic heterocycles. The van der Waals surface area contributed by atoms with E-state index >= 15 is 0 Å². The first-order valence-electron chi connectivity index (χ1n) is 7.60. The summed E-state index contributed by atoms with van der Waals surface area (Å²) in [6.07, 6.45) is 1.61. The van der Waals surface area contributed by atoms with Crippen LogP contribution in [0.3, 0.4) is 0 Å². The van der Waals surface area contributed by atoms with E-state index in [1.165, 1.54) is 6.07 Å².